The molecule has 0 bridgehead atoms. The van der Waals surface area contributed by atoms with Gasteiger partial charge in [0.15, 0.2) is 0 Å². The van der Waals surface area contributed by atoms with Gasteiger partial charge >= 0.3 is 0 Å². The maximum absolute atomic E-state index is 12.6. The van der Waals surface area contributed by atoms with Crippen LogP contribution in [0, 0.1) is 11.8 Å². The Kier molecular flexibility index (Phi) is 2.04. The molecule has 0 N–H and O–H groups in total. The van der Waals surface area contributed by atoms with E-state index in [1.54, 1.807) is 0 Å². The van der Waals surface area contributed by atoms with Crippen molar-refractivity contribution in [1.29, 1.82) is 0 Å². The number of hydrogen-bond donors (Lipinski definition) is 0. The minimum absolute atomic E-state index is 0.353. The standard InChI is InChI=1S/C9H14F2/c1-6(2)7-4-8(5-7)9(3,10)11/h7-8H,1,4-5H2,2-3H3. The van der Waals surface area contributed by atoms with E-state index in [0.29, 0.717) is 18.8 Å². The first kappa shape index (κ1) is 8.69. The van der Waals surface area contributed by atoms with Crippen molar-refractivity contribution in [3.63, 3.8) is 0 Å². The fraction of sp³-hybridized carbons (Fsp3) is 0.778. The van der Waals surface area contributed by atoms with Gasteiger partial charge in [-0.25, -0.2) is 8.78 Å². The van der Waals surface area contributed by atoms with Crippen LogP contribution in [0.25, 0.3) is 0 Å². The lowest BCUT2D eigenvalue weighted by atomic mass is 9.69. The van der Waals surface area contributed by atoms with Crippen LogP contribution >= 0.6 is 0 Å². The Hall–Kier alpha value is -0.400. The predicted octanol–water partition coefficient (Wildman–Crippen LogP) is 3.24. The number of alkyl halides is 2. The molecule has 0 amide bonds. The molecule has 1 aliphatic carbocycles. The quantitative estimate of drug-likeness (QED) is 0.544. The minimum Gasteiger partial charge on any atom is -0.207 e. The Morgan fingerprint density at radius 3 is 2.18 bits per heavy atom. The minimum atomic E-state index is -2.48. The summed E-state index contributed by atoms with van der Waals surface area (Å²) in [5.74, 6) is -2.53. The van der Waals surface area contributed by atoms with Crippen molar-refractivity contribution >= 4 is 0 Å². The van der Waals surface area contributed by atoms with Crippen LogP contribution in [0.2, 0.25) is 0 Å². The Morgan fingerprint density at radius 1 is 1.45 bits per heavy atom. The van der Waals surface area contributed by atoms with Crippen LogP contribution in [-0.4, -0.2) is 5.92 Å². The molecule has 0 spiro atoms. The summed E-state index contributed by atoms with van der Waals surface area (Å²) in [6.45, 7) is 6.67. The van der Waals surface area contributed by atoms with Crippen LogP contribution in [0.5, 0.6) is 0 Å². The molecule has 0 aromatic carbocycles. The number of halogens is 2. The summed E-state index contributed by atoms with van der Waals surface area (Å²) in [6, 6.07) is 0. The zero-order valence-corrected chi connectivity index (χ0v) is 7.03. The zero-order chi connectivity index (χ0) is 8.65. The maximum Gasteiger partial charge on any atom is 0.248 e. The van der Waals surface area contributed by atoms with Crippen LogP contribution in [0.1, 0.15) is 26.7 Å². The summed E-state index contributed by atoms with van der Waals surface area (Å²) < 4.78 is 25.1. The molecule has 64 valence electrons. The Balaban J connectivity index is 2.35. The molecule has 1 fully saturated rings. The van der Waals surface area contributed by atoms with Crippen LogP contribution in [0.4, 0.5) is 8.78 Å². The summed E-state index contributed by atoms with van der Waals surface area (Å²) in [7, 11) is 0. The lowest BCUT2D eigenvalue weighted by Gasteiger charge is -2.39. The molecule has 0 aromatic rings. The summed E-state index contributed by atoms with van der Waals surface area (Å²) in [6.07, 6.45) is 1.25. The molecule has 0 aliphatic heterocycles. The van der Waals surface area contributed by atoms with Gasteiger partial charge in [-0.1, -0.05) is 12.2 Å². The second-order valence-corrected chi connectivity index (χ2v) is 3.67. The van der Waals surface area contributed by atoms with Gasteiger partial charge < -0.3 is 0 Å². The largest absolute Gasteiger partial charge is 0.248 e. The monoisotopic (exact) mass is 160 g/mol. The molecule has 0 saturated heterocycles. The SMILES string of the molecule is C=C(C)C1CC(C(C)(F)F)C1. The lowest BCUT2D eigenvalue weighted by molar-refractivity contribution is -0.0839. The topological polar surface area (TPSA) is 0 Å². The Morgan fingerprint density at radius 2 is 1.91 bits per heavy atom. The number of allylic oxidation sites excluding steroid dienone is 1. The van der Waals surface area contributed by atoms with Crippen LogP contribution in [0.15, 0.2) is 12.2 Å². The second-order valence-electron chi connectivity index (χ2n) is 3.67. The summed E-state index contributed by atoms with van der Waals surface area (Å²) >= 11 is 0. The summed E-state index contributed by atoms with van der Waals surface area (Å²) in [4.78, 5) is 0. The van der Waals surface area contributed by atoms with Gasteiger partial charge in [-0.2, -0.15) is 0 Å². The van der Waals surface area contributed by atoms with E-state index in [-0.39, 0.29) is 0 Å². The molecule has 0 atom stereocenters. The van der Waals surface area contributed by atoms with Gasteiger partial charge in [0.1, 0.15) is 0 Å². The molecule has 0 nitrogen and oxygen atoms in total. The first-order chi connectivity index (χ1) is 4.91. The van der Waals surface area contributed by atoms with Gasteiger partial charge in [0, 0.05) is 5.92 Å². The molecular formula is C9H14F2. The highest BCUT2D eigenvalue weighted by molar-refractivity contribution is 5.04. The van der Waals surface area contributed by atoms with Crippen molar-refractivity contribution in [1.82, 2.24) is 0 Å². The van der Waals surface area contributed by atoms with Crippen LogP contribution in [0.3, 0.4) is 0 Å². The fourth-order valence-electron chi connectivity index (χ4n) is 1.43. The van der Waals surface area contributed by atoms with Gasteiger partial charge in [-0.15, -0.1) is 0 Å². The van der Waals surface area contributed by atoms with E-state index < -0.39 is 11.8 Å². The van der Waals surface area contributed by atoms with Crippen molar-refractivity contribution in [2.75, 3.05) is 0 Å². The summed E-state index contributed by atoms with van der Waals surface area (Å²) in [5.41, 5.74) is 1.05. The molecule has 1 aliphatic rings. The number of rotatable bonds is 2. The van der Waals surface area contributed by atoms with Gasteiger partial charge in [0.2, 0.25) is 5.92 Å². The van der Waals surface area contributed by atoms with Crippen LogP contribution < -0.4 is 0 Å². The molecule has 0 aromatic heterocycles. The smallest absolute Gasteiger partial charge is 0.207 e. The van der Waals surface area contributed by atoms with Crippen molar-refractivity contribution in [2.24, 2.45) is 11.8 Å². The fourth-order valence-corrected chi connectivity index (χ4v) is 1.43. The van der Waals surface area contributed by atoms with E-state index in [0.717, 1.165) is 12.5 Å². The third-order valence-corrected chi connectivity index (χ3v) is 2.55. The molecule has 0 heterocycles. The number of hydrogen-bond acceptors (Lipinski definition) is 0. The predicted molar refractivity (Wildman–Crippen MR) is 41.6 cm³/mol. The maximum atomic E-state index is 12.6. The van der Waals surface area contributed by atoms with E-state index in [1.165, 1.54) is 0 Å². The first-order valence-electron chi connectivity index (χ1n) is 3.94. The third kappa shape index (κ3) is 1.79. The van der Waals surface area contributed by atoms with Crippen molar-refractivity contribution in [2.45, 2.75) is 32.6 Å². The van der Waals surface area contributed by atoms with Gasteiger partial charge in [0.25, 0.3) is 0 Å². The third-order valence-electron chi connectivity index (χ3n) is 2.55. The van der Waals surface area contributed by atoms with Gasteiger partial charge in [0.05, 0.1) is 0 Å². The van der Waals surface area contributed by atoms with E-state index in [2.05, 4.69) is 6.58 Å². The lowest BCUT2D eigenvalue weighted by Crippen LogP contribution is -2.36. The van der Waals surface area contributed by atoms with E-state index in [9.17, 15) is 8.78 Å². The highest BCUT2D eigenvalue weighted by atomic mass is 19.3. The first-order valence-corrected chi connectivity index (χ1v) is 3.94. The van der Waals surface area contributed by atoms with E-state index >= 15 is 0 Å². The highest BCUT2D eigenvalue weighted by Crippen LogP contribution is 2.46. The molecule has 0 unspecified atom stereocenters. The van der Waals surface area contributed by atoms with Crippen molar-refractivity contribution < 1.29 is 8.78 Å². The Labute approximate surface area is 66.3 Å². The zero-order valence-electron chi connectivity index (χ0n) is 7.03. The molecular weight excluding hydrogens is 146 g/mol. The molecule has 1 saturated carbocycles. The molecule has 2 heteroatoms. The van der Waals surface area contributed by atoms with Crippen LogP contribution in [-0.2, 0) is 0 Å². The van der Waals surface area contributed by atoms with E-state index in [4.69, 9.17) is 0 Å². The molecule has 11 heavy (non-hydrogen) atoms. The second kappa shape index (κ2) is 2.58. The molecule has 0 radical (unpaired) electrons. The Bertz CT molecular complexity index is 161. The van der Waals surface area contributed by atoms with Crippen molar-refractivity contribution in [3.8, 4) is 0 Å². The van der Waals surface area contributed by atoms with Gasteiger partial charge in [-0.3, -0.25) is 0 Å². The summed E-state index contributed by atoms with van der Waals surface area (Å²) in [5, 5.41) is 0. The average Bonchev–Trinajstić information content (AvgIpc) is 1.51. The average molecular weight is 160 g/mol. The van der Waals surface area contributed by atoms with E-state index in [1.807, 2.05) is 6.92 Å². The highest BCUT2D eigenvalue weighted by Gasteiger charge is 2.43. The molecule has 1 rings (SSSR count). The normalized spacial score (nSPS) is 31.3. The van der Waals surface area contributed by atoms with Crippen molar-refractivity contribution in [3.05, 3.63) is 12.2 Å². The van der Waals surface area contributed by atoms with Gasteiger partial charge in [-0.05, 0) is 32.6 Å².